The quantitative estimate of drug-likeness (QED) is 0.356. The molecule has 0 nitrogen and oxygen atoms in total. The van der Waals surface area contributed by atoms with Crippen LogP contribution in [0.25, 0.3) is 0 Å². The second kappa shape index (κ2) is 64.3. The zero-order chi connectivity index (χ0) is 0. The molecule has 0 aliphatic carbocycles. The van der Waals surface area contributed by atoms with Crippen molar-refractivity contribution in [2.24, 2.45) is 0 Å². The van der Waals surface area contributed by atoms with E-state index in [1.165, 1.54) is 0 Å². The van der Waals surface area contributed by atoms with Crippen molar-refractivity contribution in [3.63, 3.8) is 0 Å². The molecule has 0 heterocycles. The zero-order valence-electron chi connectivity index (χ0n) is 2.78. The van der Waals surface area contributed by atoms with Crippen molar-refractivity contribution in [2.75, 3.05) is 0 Å². The fourth-order valence-corrected chi connectivity index (χ4v) is 0. The van der Waals surface area contributed by atoms with Gasteiger partial charge in [-0.15, -0.1) is 0 Å². The number of hydrogen-bond donors (Lipinski definition) is 0. The fourth-order valence-electron chi connectivity index (χ4n) is 0. The van der Waals surface area contributed by atoms with E-state index < -0.39 is 0 Å². The van der Waals surface area contributed by atoms with Crippen LogP contribution in [-0.4, -0.2) is 25.8 Å². The molecule has 7 heavy (non-hydrogen) atoms. The molecule has 0 atom stereocenters. The molecule has 0 spiro atoms. The smallest absolute Gasteiger partial charge is 1.00 e. The minimum atomic E-state index is 0. The second-order valence-corrected chi connectivity index (χ2v) is 0. The summed E-state index contributed by atoms with van der Waals surface area (Å²) < 4.78 is 0. The van der Waals surface area contributed by atoms with Crippen molar-refractivity contribution in [1.29, 1.82) is 0 Å². The summed E-state index contributed by atoms with van der Waals surface area (Å²) in [5.41, 5.74) is 0. The molecule has 0 aromatic rings. The summed E-state index contributed by atoms with van der Waals surface area (Å²) in [5, 5.41) is 0. The average Bonchev–Trinajstić information content (AvgIpc) is 0. The maximum Gasteiger partial charge on any atom is 3.00 e. The largest absolute Gasteiger partial charge is 3.00 e. The van der Waals surface area contributed by atoms with Crippen LogP contribution in [0.15, 0.2) is 0 Å². The van der Waals surface area contributed by atoms with Crippen molar-refractivity contribution in [3.05, 3.63) is 0 Å². The van der Waals surface area contributed by atoms with Gasteiger partial charge in [-0.2, -0.15) is 0 Å². The molecular weight excluding hydrogens is 399 g/mol. The average molecular weight is 399 g/mol. The van der Waals surface area contributed by atoms with Crippen LogP contribution in [0.5, 0.6) is 0 Å². The van der Waals surface area contributed by atoms with Gasteiger partial charge < -0.3 is 62.0 Å². The molecule has 0 aromatic carbocycles. The third-order valence-corrected chi connectivity index (χ3v) is 0. The number of rotatable bonds is 0. The van der Waals surface area contributed by atoms with Gasteiger partial charge in [0.15, 0.2) is 0 Å². The predicted molar refractivity (Wildman–Crippen MR) is 5.75 cm³/mol. The topological polar surface area (TPSA) is 0 Å². The summed E-state index contributed by atoms with van der Waals surface area (Å²) in [6.07, 6.45) is 0. The van der Waals surface area contributed by atoms with Gasteiger partial charge >= 0.3 is 46.3 Å². The Morgan fingerprint density at radius 2 is 0.429 bits per heavy atom. The van der Waals surface area contributed by atoms with Crippen LogP contribution in [0.2, 0.25) is 0 Å². The molecule has 0 amide bonds. The first-order chi connectivity index (χ1) is 0. The van der Waals surface area contributed by atoms with Crippen LogP contribution in [0, 0.1) is 0 Å². The Hall–Kier alpha value is 2.98. The molecule has 0 bridgehead atoms. The monoisotopic (exact) mass is 396 g/mol. The molecule has 0 aliphatic heterocycles. The Kier molecular flexibility index (Phi) is 832. The Balaban J connectivity index is 0. The van der Waals surface area contributed by atoms with E-state index in [1.807, 2.05) is 0 Å². The SMILES string of the molecule is [Cl-].[Cl-].[Cl-].[Cl-].[Cl-].[In+3].[Pd+2]. The van der Waals surface area contributed by atoms with Gasteiger partial charge in [0.25, 0.3) is 0 Å². The van der Waals surface area contributed by atoms with E-state index in [2.05, 4.69) is 0 Å². The Bertz CT molecular complexity index is 8.04. The van der Waals surface area contributed by atoms with Gasteiger partial charge in [-0.3, -0.25) is 0 Å². The normalized spacial score (nSPS) is 0. The standard InChI is InChI=1S/5ClH.In.Pd/h5*1H;;/q;;;;;+3;+2/p-5. The predicted octanol–water partition coefficient (Wildman–Crippen LogP) is -15.4. The van der Waals surface area contributed by atoms with E-state index in [-0.39, 0.29) is 108 Å². The van der Waals surface area contributed by atoms with E-state index in [4.69, 9.17) is 0 Å². The van der Waals surface area contributed by atoms with Crippen molar-refractivity contribution in [1.82, 2.24) is 0 Å². The van der Waals surface area contributed by atoms with Crippen LogP contribution in [0.1, 0.15) is 0 Å². The molecule has 0 fully saturated rings. The first-order valence-electron chi connectivity index (χ1n) is 0. The second-order valence-electron chi connectivity index (χ2n) is 0. The Morgan fingerprint density at radius 3 is 0.429 bits per heavy atom. The minimum Gasteiger partial charge on any atom is -1.00 e. The van der Waals surface area contributed by atoms with Gasteiger partial charge in [0, 0.05) is 0 Å². The van der Waals surface area contributed by atoms with Gasteiger partial charge in [-0.05, 0) is 0 Å². The maximum absolute atomic E-state index is 0. The van der Waals surface area contributed by atoms with Crippen molar-refractivity contribution in [3.8, 4) is 0 Å². The van der Waals surface area contributed by atoms with E-state index in [1.54, 1.807) is 0 Å². The van der Waals surface area contributed by atoms with E-state index in [0.29, 0.717) is 0 Å². The molecule has 0 N–H and O–H groups in total. The van der Waals surface area contributed by atoms with Gasteiger partial charge in [-0.25, -0.2) is 0 Å². The molecule has 0 rings (SSSR count). The van der Waals surface area contributed by atoms with Gasteiger partial charge in [0.1, 0.15) is 0 Å². The number of halogens is 5. The summed E-state index contributed by atoms with van der Waals surface area (Å²) >= 11 is 0. The van der Waals surface area contributed by atoms with Crippen LogP contribution >= 0.6 is 0 Å². The first-order valence-corrected chi connectivity index (χ1v) is 0. The van der Waals surface area contributed by atoms with Gasteiger partial charge in [0.2, 0.25) is 0 Å². The van der Waals surface area contributed by atoms with Crippen molar-refractivity contribution >= 4 is 25.8 Å². The molecule has 0 saturated carbocycles. The van der Waals surface area contributed by atoms with Crippen LogP contribution in [0.3, 0.4) is 0 Å². The Labute approximate surface area is 107 Å². The summed E-state index contributed by atoms with van der Waals surface area (Å²) in [6.45, 7) is 0. The van der Waals surface area contributed by atoms with E-state index in [0.717, 1.165) is 0 Å². The summed E-state index contributed by atoms with van der Waals surface area (Å²) in [6, 6.07) is 0. The van der Waals surface area contributed by atoms with Gasteiger partial charge in [0.05, 0.1) is 0 Å². The Morgan fingerprint density at radius 1 is 0.429 bits per heavy atom. The van der Waals surface area contributed by atoms with Crippen molar-refractivity contribution < 1.29 is 82.5 Å². The van der Waals surface area contributed by atoms with Crippen LogP contribution in [0.4, 0.5) is 0 Å². The molecule has 0 unspecified atom stereocenters. The molecule has 0 aliphatic rings. The minimum absolute atomic E-state index is 0. The molecule has 7 heteroatoms. The molecule has 48 valence electrons. The third-order valence-electron chi connectivity index (χ3n) is 0. The summed E-state index contributed by atoms with van der Waals surface area (Å²) in [4.78, 5) is 0. The third kappa shape index (κ3) is 49.2. The van der Waals surface area contributed by atoms with Crippen molar-refractivity contribution in [2.45, 2.75) is 0 Å². The first kappa shape index (κ1) is 90.5. The summed E-state index contributed by atoms with van der Waals surface area (Å²) in [5.74, 6) is 0. The number of hydrogen-bond acceptors (Lipinski definition) is 0. The fraction of sp³-hybridized carbons (Fsp3) is 0. The van der Waals surface area contributed by atoms with Crippen LogP contribution in [-0.2, 0) is 20.4 Å². The molecular formula is Cl5InPd. The summed E-state index contributed by atoms with van der Waals surface area (Å²) in [7, 11) is 0. The zero-order valence-corrected chi connectivity index (χ0v) is 11.4. The van der Waals surface area contributed by atoms with Gasteiger partial charge in [-0.1, -0.05) is 0 Å². The van der Waals surface area contributed by atoms with E-state index in [9.17, 15) is 0 Å². The maximum atomic E-state index is 0. The molecule has 0 aromatic heterocycles. The molecule has 0 radical (unpaired) electrons. The molecule has 0 saturated heterocycles. The van der Waals surface area contributed by atoms with E-state index >= 15 is 0 Å². The van der Waals surface area contributed by atoms with Crippen LogP contribution < -0.4 is 62.0 Å².